The summed E-state index contributed by atoms with van der Waals surface area (Å²) in [5, 5.41) is 8.25. The van der Waals surface area contributed by atoms with Crippen molar-refractivity contribution < 1.29 is 4.79 Å². The maximum atomic E-state index is 12.6. The summed E-state index contributed by atoms with van der Waals surface area (Å²) < 4.78 is 0. The first-order valence-corrected chi connectivity index (χ1v) is 11.9. The third kappa shape index (κ3) is 5.56. The molecule has 0 bridgehead atoms. The van der Waals surface area contributed by atoms with Crippen molar-refractivity contribution in [2.45, 2.75) is 20.8 Å². The van der Waals surface area contributed by atoms with Gasteiger partial charge in [-0.15, -0.1) is 11.3 Å². The van der Waals surface area contributed by atoms with Crippen molar-refractivity contribution in [1.82, 2.24) is 9.97 Å². The maximum Gasteiger partial charge on any atom is 0.255 e. The van der Waals surface area contributed by atoms with Gasteiger partial charge in [-0.2, -0.15) is 4.98 Å². The Kier molecular flexibility index (Phi) is 7.00. The highest BCUT2D eigenvalue weighted by atomic mass is 32.1. The first-order chi connectivity index (χ1) is 16.1. The van der Waals surface area contributed by atoms with Gasteiger partial charge in [0.15, 0.2) is 0 Å². The van der Waals surface area contributed by atoms with Crippen molar-refractivity contribution in [3.05, 3.63) is 83.4 Å². The summed E-state index contributed by atoms with van der Waals surface area (Å²) in [6.45, 7) is 7.96. The van der Waals surface area contributed by atoms with Crippen LogP contribution < -0.4 is 15.5 Å². The zero-order chi connectivity index (χ0) is 23.2. The topological polar surface area (TPSA) is 70.2 Å². The van der Waals surface area contributed by atoms with Gasteiger partial charge < -0.3 is 15.5 Å². The number of thiophene rings is 1. The summed E-state index contributed by atoms with van der Waals surface area (Å²) in [5.74, 6) is 1.32. The van der Waals surface area contributed by atoms with E-state index < -0.39 is 0 Å². The number of amides is 1. The van der Waals surface area contributed by atoms with Crippen molar-refractivity contribution in [1.29, 1.82) is 0 Å². The molecular formula is C26H27N5OS. The number of nitrogens with zero attached hydrogens (tertiary/aromatic N) is 3. The number of hydrogen-bond acceptors (Lipinski definition) is 6. The Labute approximate surface area is 198 Å². The van der Waals surface area contributed by atoms with E-state index in [4.69, 9.17) is 0 Å². The Morgan fingerprint density at radius 3 is 2.27 bits per heavy atom. The van der Waals surface area contributed by atoms with Crippen LogP contribution in [0.15, 0.2) is 72.1 Å². The van der Waals surface area contributed by atoms with Crippen LogP contribution in [-0.4, -0.2) is 29.0 Å². The van der Waals surface area contributed by atoms with E-state index in [1.54, 1.807) is 11.3 Å². The molecule has 2 N–H and O–H groups in total. The molecule has 2 aromatic heterocycles. The quantitative estimate of drug-likeness (QED) is 0.322. The molecule has 2 heterocycles. The largest absolute Gasteiger partial charge is 0.357 e. The summed E-state index contributed by atoms with van der Waals surface area (Å²) in [4.78, 5) is 25.1. The van der Waals surface area contributed by atoms with Crippen molar-refractivity contribution >= 4 is 40.4 Å². The van der Waals surface area contributed by atoms with Crippen LogP contribution in [0, 0.1) is 6.92 Å². The molecule has 7 heteroatoms. The summed E-state index contributed by atoms with van der Waals surface area (Å²) in [6.07, 6.45) is 0. The van der Waals surface area contributed by atoms with Gasteiger partial charge in [0, 0.05) is 46.7 Å². The second-order valence-electron chi connectivity index (χ2n) is 7.57. The molecule has 0 atom stereocenters. The van der Waals surface area contributed by atoms with Gasteiger partial charge in [-0.1, -0.05) is 18.2 Å². The maximum absolute atomic E-state index is 12.6. The minimum absolute atomic E-state index is 0.140. The smallest absolute Gasteiger partial charge is 0.255 e. The summed E-state index contributed by atoms with van der Waals surface area (Å²) in [6, 6.07) is 21.3. The molecule has 168 valence electrons. The SMILES string of the molecule is CCN(CC)c1cc(C)nc(Nc2ccc(NC(=O)c3ccc(-c4cccs4)cc3)cc2)n1. The summed E-state index contributed by atoms with van der Waals surface area (Å²) in [5.41, 5.74) is 4.21. The first kappa shape index (κ1) is 22.5. The molecule has 0 aliphatic heterocycles. The van der Waals surface area contributed by atoms with E-state index in [9.17, 15) is 4.79 Å². The van der Waals surface area contributed by atoms with Gasteiger partial charge in [0.05, 0.1) is 0 Å². The molecule has 0 fully saturated rings. The molecule has 0 spiro atoms. The zero-order valence-corrected chi connectivity index (χ0v) is 19.8. The van der Waals surface area contributed by atoms with Crippen molar-refractivity contribution in [2.24, 2.45) is 0 Å². The lowest BCUT2D eigenvalue weighted by molar-refractivity contribution is 0.102. The molecule has 4 aromatic rings. The molecule has 0 aliphatic rings. The molecule has 4 rings (SSSR count). The number of rotatable bonds is 8. The van der Waals surface area contributed by atoms with Crippen LogP contribution in [0.5, 0.6) is 0 Å². The minimum atomic E-state index is -0.140. The second kappa shape index (κ2) is 10.3. The van der Waals surface area contributed by atoms with Crippen molar-refractivity contribution in [2.75, 3.05) is 28.6 Å². The summed E-state index contributed by atoms with van der Waals surface area (Å²) >= 11 is 1.68. The minimum Gasteiger partial charge on any atom is -0.357 e. The lowest BCUT2D eigenvalue weighted by Crippen LogP contribution is -2.23. The molecule has 2 aromatic carbocycles. The number of anilines is 4. The Morgan fingerprint density at radius 1 is 0.939 bits per heavy atom. The van der Waals surface area contributed by atoms with Crippen molar-refractivity contribution in [3.63, 3.8) is 0 Å². The molecular weight excluding hydrogens is 430 g/mol. The third-order valence-corrected chi connectivity index (χ3v) is 6.20. The average Bonchev–Trinajstić information content (AvgIpc) is 3.36. The van der Waals surface area contributed by atoms with Crippen molar-refractivity contribution in [3.8, 4) is 10.4 Å². The molecule has 0 saturated heterocycles. The standard InChI is InChI=1S/C26H27N5OS/c1-4-31(5-2)24-17-18(3)27-26(30-24)29-22-14-12-21(13-15-22)28-25(32)20-10-8-19(9-11-20)23-7-6-16-33-23/h6-17H,4-5H2,1-3H3,(H,28,32)(H,27,29,30). The van der Waals surface area contributed by atoms with Crippen LogP contribution in [0.1, 0.15) is 29.9 Å². The highest BCUT2D eigenvalue weighted by Crippen LogP contribution is 2.25. The summed E-state index contributed by atoms with van der Waals surface area (Å²) in [7, 11) is 0. The van der Waals surface area contributed by atoms with Crippen LogP contribution in [0.4, 0.5) is 23.1 Å². The Morgan fingerprint density at radius 2 is 1.64 bits per heavy atom. The predicted molar refractivity (Wildman–Crippen MR) is 138 cm³/mol. The lowest BCUT2D eigenvalue weighted by Gasteiger charge is -2.20. The molecule has 33 heavy (non-hydrogen) atoms. The fourth-order valence-electron chi connectivity index (χ4n) is 3.52. The van der Waals surface area contributed by atoms with Gasteiger partial charge in [0.25, 0.3) is 5.91 Å². The molecule has 1 amide bonds. The monoisotopic (exact) mass is 457 g/mol. The van der Waals surface area contributed by atoms with E-state index in [0.717, 1.165) is 41.5 Å². The van der Waals surface area contributed by atoms with Crippen LogP contribution in [0.2, 0.25) is 0 Å². The van der Waals surface area contributed by atoms with Crippen LogP contribution >= 0.6 is 11.3 Å². The first-order valence-electron chi connectivity index (χ1n) is 11.0. The van der Waals surface area contributed by atoms with E-state index in [-0.39, 0.29) is 5.91 Å². The van der Waals surface area contributed by atoms with E-state index >= 15 is 0 Å². The Hall–Kier alpha value is -3.71. The van der Waals surface area contributed by atoms with E-state index in [1.165, 1.54) is 4.88 Å². The molecule has 0 unspecified atom stereocenters. The average molecular weight is 458 g/mol. The normalized spacial score (nSPS) is 10.6. The van der Waals surface area contributed by atoms with Gasteiger partial charge >= 0.3 is 0 Å². The fourth-order valence-corrected chi connectivity index (χ4v) is 4.25. The van der Waals surface area contributed by atoms with E-state index in [1.807, 2.05) is 73.0 Å². The second-order valence-corrected chi connectivity index (χ2v) is 8.52. The van der Waals surface area contributed by atoms with Gasteiger partial charge in [-0.25, -0.2) is 4.98 Å². The number of carbonyl (C=O) groups excluding carboxylic acids is 1. The number of benzene rings is 2. The van der Waals surface area contributed by atoms with Gasteiger partial charge in [-0.05, 0) is 74.2 Å². The van der Waals surface area contributed by atoms with Crippen LogP contribution in [0.3, 0.4) is 0 Å². The molecule has 0 radical (unpaired) electrons. The number of aromatic nitrogens is 2. The van der Waals surface area contributed by atoms with E-state index in [2.05, 4.69) is 45.4 Å². The third-order valence-electron chi connectivity index (χ3n) is 5.28. The lowest BCUT2D eigenvalue weighted by atomic mass is 10.1. The highest BCUT2D eigenvalue weighted by molar-refractivity contribution is 7.13. The molecule has 0 saturated carbocycles. The van der Waals surface area contributed by atoms with Gasteiger partial charge in [0.2, 0.25) is 5.95 Å². The Balaban J connectivity index is 1.41. The van der Waals surface area contributed by atoms with Crippen LogP contribution in [0.25, 0.3) is 10.4 Å². The highest BCUT2D eigenvalue weighted by Gasteiger charge is 2.09. The number of hydrogen-bond donors (Lipinski definition) is 2. The number of nitrogens with one attached hydrogen (secondary N) is 2. The molecule has 6 nitrogen and oxygen atoms in total. The van der Waals surface area contributed by atoms with Gasteiger partial charge in [-0.3, -0.25) is 4.79 Å². The van der Waals surface area contributed by atoms with Gasteiger partial charge in [0.1, 0.15) is 5.82 Å². The number of carbonyl (C=O) groups is 1. The number of aryl methyl sites for hydroxylation is 1. The zero-order valence-electron chi connectivity index (χ0n) is 19.0. The predicted octanol–water partition coefficient (Wildman–Crippen LogP) is 6.36. The fraction of sp³-hybridized carbons (Fsp3) is 0.192. The Bertz CT molecular complexity index is 1200. The van der Waals surface area contributed by atoms with Crippen LogP contribution in [-0.2, 0) is 0 Å². The van der Waals surface area contributed by atoms with E-state index in [0.29, 0.717) is 11.5 Å². The molecule has 0 aliphatic carbocycles.